The van der Waals surface area contributed by atoms with E-state index < -0.39 is 6.17 Å². The van der Waals surface area contributed by atoms with Crippen LogP contribution in [0.3, 0.4) is 0 Å². The molecule has 1 aliphatic rings. The number of alkyl halides is 1. The van der Waals surface area contributed by atoms with Crippen molar-refractivity contribution in [3.05, 3.63) is 65.3 Å². The highest BCUT2D eigenvalue weighted by Gasteiger charge is 2.43. The van der Waals surface area contributed by atoms with Gasteiger partial charge in [0.1, 0.15) is 6.17 Å². The lowest BCUT2D eigenvalue weighted by atomic mass is 10.1. The summed E-state index contributed by atoms with van der Waals surface area (Å²) in [5, 5.41) is 20.4. The topological polar surface area (TPSA) is 106 Å². The second kappa shape index (κ2) is 7.03. The molecule has 1 amide bonds. The minimum absolute atomic E-state index is 0.124. The maximum atomic E-state index is 13.2. The zero-order valence-corrected chi connectivity index (χ0v) is 16.0. The standard InChI is InChI=1S/C21H18FN5O3/c1-11-2-3-13(19-25-21(30-26-19)14-8-16(14)22)7-17(11)24-20(29)15-9-23-27-5-4-12(10-28)6-18(15)27/h2-7,9,14,16,28H,8,10H2,1H3,(H,24,29)/t14-,16-/m0/s1. The Labute approximate surface area is 170 Å². The Balaban J connectivity index is 1.43. The number of nitrogens with one attached hydrogen (secondary N) is 1. The summed E-state index contributed by atoms with van der Waals surface area (Å²) < 4.78 is 20.0. The molecule has 1 aliphatic carbocycles. The molecule has 2 atom stereocenters. The Kier molecular flexibility index (Phi) is 4.32. The largest absolute Gasteiger partial charge is 0.392 e. The van der Waals surface area contributed by atoms with Crippen LogP contribution in [0.5, 0.6) is 0 Å². The molecular formula is C21H18FN5O3. The summed E-state index contributed by atoms with van der Waals surface area (Å²) in [6, 6.07) is 8.88. The smallest absolute Gasteiger partial charge is 0.259 e. The normalized spacial score (nSPS) is 18.0. The lowest BCUT2D eigenvalue weighted by Crippen LogP contribution is -2.12. The van der Waals surface area contributed by atoms with Crippen LogP contribution in [0.1, 0.15) is 39.7 Å². The molecule has 0 unspecified atom stereocenters. The Morgan fingerprint density at radius 3 is 2.97 bits per heavy atom. The highest BCUT2D eigenvalue weighted by atomic mass is 19.1. The Morgan fingerprint density at radius 1 is 1.37 bits per heavy atom. The summed E-state index contributed by atoms with van der Waals surface area (Å²) in [5.74, 6) is 0.0144. The predicted molar refractivity (Wildman–Crippen MR) is 106 cm³/mol. The molecular weight excluding hydrogens is 389 g/mol. The SMILES string of the molecule is Cc1ccc(-c2noc([C@H]3C[C@@H]3F)n2)cc1NC(=O)c1cnn2ccc(CO)cc12. The van der Waals surface area contributed by atoms with Gasteiger partial charge in [-0.25, -0.2) is 8.91 Å². The number of pyridine rings is 1. The summed E-state index contributed by atoms with van der Waals surface area (Å²) in [5.41, 5.74) is 3.78. The number of anilines is 1. The molecule has 1 fully saturated rings. The van der Waals surface area contributed by atoms with E-state index in [4.69, 9.17) is 4.52 Å². The third-order valence-electron chi connectivity index (χ3n) is 5.23. The van der Waals surface area contributed by atoms with Crippen LogP contribution in [0.25, 0.3) is 16.9 Å². The number of nitrogens with zero attached hydrogens (tertiary/aromatic N) is 4. The van der Waals surface area contributed by atoms with Crippen molar-refractivity contribution in [2.75, 3.05) is 5.32 Å². The fourth-order valence-electron chi connectivity index (χ4n) is 3.31. The van der Waals surface area contributed by atoms with Crippen LogP contribution in [-0.4, -0.2) is 36.9 Å². The molecule has 0 saturated heterocycles. The van der Waals surface area contributed by atoms with Gasteiger partial charge < -0.3 is 14.9 Å². The maximum Gasteiger partial charge on any atom is 0.259 e. The van der Waals surface area contributed by atoms with E-state index in [9.17, 15) is 14.3 Å². The number of carbonyl (C=O) groups excluding carboxylic acids is 1. The number of hydrogen-bond acceptors (Lipinski definition) is 6. The van der Waals surface area contributed by atoms with Gasteiger partial charge in [-0.15, -0.1) is 0 Å². The molecule has 0 bridgehead atoms. The van der Waals surface area contributed by atoms with Crippen molar-refractivity contribution < 1.29 is 18.8 Å². The number of halogens is 1. The van der Waals surface area contributed by atoms with E-state index in [1.807, 2.05) is 19.1 Å². The minimum Gasteiger partial charge on any atom is -0.392 e. The van der Waals surface area contributed by atoms with Gasteiger partial charge in [-0.2, -0.15) is 10.1 Å². The van der Waals surface area contributed by atoms with Gasteiger partial charge in [0, 0.05) is 17.4 Å². The summed E-state index contributed by atoms with van der Waals surface area (Å²) in [6.07, 6.45) is 2.68. The van der Waals surface area contributed by atoms with Gasteiger partial charge in [-0.1, -0.05) is 17.3 Å². The van der Waals surface area contributed by atoms with Crippen molar-refractivity contribution in [1.82, 2.24) is 19.8 Å². The number of aromatic nitrogens is 4. The van der Waals surface area contributed by atoms with E-state index in [0.29, 0.717) is 46.0 Å². The second-order valence-electron chi connectivity index (χ2n) is 7.38. The Hall–Kier alpha value is -3.59. The highest BCUT2D eigenvalue weighted by molar-refractivity contribution is 6.09. The number of hydrogen-bond donors (Lipinski definition) is 2. The lowest BCUT2D eigenvalue weighted by Gasteiger charge is -2.09. The van der Waals surface area contributed by atoms with Crippen LogP contribution in [0.2, 0.25) is 0 Å². The molecule has 9 heteroatoms. The zero-order valence-electron chi connectivity index (χ0n) is 16.0. The zero-order chi connectivity index (χ0) is 20.8. The monoisotopic (exact) mass is 407 g/mol. The van der Waals surface area contributed by atoms with E-state index in [-0.39, 0.29) is 18.4 Å². The molecule has 1 saturated carbocycles. The van der Waals surface area contributed by atoms with Gasteiger partial charge in [-0.3, -0.25) is 4.79 Å². The average molecular weight is 407 g/mol. The molecule has 5 rings (SSSR count). The number of carbonyl (C=O) groups is 1. The van der Waals surface area contributed by atoms with Crippen LogP contribution in [0.15, 0.2) is 47.2 Å². The minimum atomic E-state index is -0.914. The van der Waals surface area contributed by atoms with Crippen molar-refractivity contribution in [3.8, 4) is 11.4 Å². The molecule has 3 aromatic heterocycles. The van der Waals surface area contributed by atoms with Crippen molar-refractivity contribution in [2.24, 2.45) is 0 Å². The first-order valence-electron chi connectivity index (χ1n) is 9.50. The van der Waals surface area contributed by atoms with Crippen LogP contribution in [0, 0.1) is 6.92 Å². The molecule has 2 N–H and O–H groups in total. The quantitative estimate of drug-likeness (QED) is 0.526. The molecule has 0 aliphatic heterocycles. The Morgan fingerprint density at radius 2 is 2.20 bits per heavy atom. The van der Waals surface area contributed by atoms with E-state index in [1.165, 1.54) is 6.20 Å². The lowest BCUT2D eigenvalue weighted by molar-refractivity contribution is 0.102. The fourth-order valence-corrected chi connectivity index (χ4v) is 3.31. The van der Waals surface area contributed by atoms with Crippen molar-refractivity contribution in [1.29, 1.82) is 0 Å². The fraction of sp³-hybridized carbons (Fsp3) is 0.238. The van der Waals surface area contributed by atoms with Crippen molar-refractivity contribution >= 4 is 17.1 Å². The van der Waals surface area contributed by atoms with Crippen LogP contribution < -0.4 is 5.32 Å². The first kappa shape index (κ1) is 18.4. The van der Waals surface area contributed by atoms with Gasteiger partial charge >= 0.3 is 0 Å². The first-order chi connectivity index (χ1) is 14.5. The number of benzene rings is 1. The predicted octanol–water partition coefficient (Wildman–Crippen LogP) is 3.26. The van der Waals surface area contributed by atoms with Crippen LogP contribution in [0.4, 0.5) is 10.1 Å². The molecule has 152 valence electrons. The van der Waals surface area contributed by atoms with E-state index in [1.54, 1.807) is 28.9 Å². The van der Waals surface area contributed by atoms with E-state index in [2.05, 4.69) is 20.6 Å². The van der Waals surface area contributed by atoms with Gasteiger partial charge in [0.25, 0.3) is 5.91 Å². The summed E-state index contributed by atoms with van der Waals surface area (Å²) in [6.45, 7) is 1.75. The number of aryl methyl sites for hydroxylation is 1. The number of aliphatic hydroxyl groups is 1. The molecule has 30 heavy (non-hydrogen) atoms. The number of amides is 1. The molecule has 0 radical (unpaired) electrons. The molecule has 4 aromatic rings. The average Bonchev–Trinajstić information content (AvgIpc) is 3.15. The molecule has 0 spiro atoms. The highest BCUT2D eigenvalue weighted by Crippen LogP contribution is 2.43. The molecule has 1 aromatic carbocycles. The summed E-state index contributed by atoms with van der Waals surface area (Å²) in [7, 11) is 0. The van der Waals surface area contributed by atoms with E-state index >= 15 is 0 Å². The summed E-state index contributed by atoms with van der Waals surface area (Å²) in [4.78, 5) is 17.2. The first-order valence-corrected chi connectivity index (χ1v) is 9.50. The Bertz CT molecular complexity index is 1260. The van der Waals surface area contributed by atoms with Gasteiger partial charge in [0.05, 0.1) is 29.8 Å². The second-order valence-corrected chi connectivity index (χ2v) is 7.38. The number of rotatable bonds is 5. The van der Waals surface area contributed by atoms with Gasteiger partial charge in [-0.05, 0) is 42.7 Å². The number of aliphatic hydroxyl groups excluding tert-OH is 1. The van der Waals surface area contributed by atoms with Crippen molar-refractivity contribution in [2.45, 2.75) is 32.0 Å². The van der Waals surface area contributed by atoms with Gasteiger partial charge in [0.15, 0.2) is 0 Å². The van der Waals surface area contributed by atoms with Crippen molar-refractivity contribution in [3.63, 3.8) is 0 Å². The van der Waals surface area contributed by atoms with Crippen LogP contribution >= 0.6 is 0 Å². The number of fused-ring (bicyclic) bond motifs is 1. The van der Waals surface area contributed by atoms with Crippen LogP contribution in [-0.2, 0) is 6.61 Å². The molecule has 8 nitrogen and oxygen atoms in total. The van der Waals surface area contributed by atoms with Gasteiger partial charge in [0.2, 0.25) is 11.7 Å². The third kappa shape index (κ3) is 3.22. The maximum absolute atomic E-state index is 13.2. The molecule has 3 heterocycles. The third-order valence-corrected chi connectivity index (χ3v) is 5.23. The van der Waals surface area contributed by atoms with E-state index in [0.717, 1.165) is 5.56 Å². The summed E-state index contributed by atoms with van der Waals surface area (Å²) >= 11 is 0.